The molecule has 2 unspecified atom stereocenters. The highest BCUT2D eigenvalue weighted by Gasteiger charge is 2.32. The third-order valence-electron chi connectivity index (χ3n) is 8.31. The van der Waals surface area contributed by atoms with Crippen molar-refractivity contribution >= 4 is 86.9 Å². The summed E-state index contributed by atoms with van der Waals surface area (Å²) in [7, 11) is 0. The number of nitrogens with one attached hydrogen (secondary N) is 1. The van der Waals surface area contributed by atoms with Gasteiger partial charge in [-0.3, -0.25) is 14.9 Å². The maximum Gasteiger partial charge on any atom is 0.122 e. The summed E-state index contributed by atoms with van der Waals surface area (Å²) in [4.78, 5) is 11.7. The number of piperazine rings is 1. The average Bonchev–Trinajstić information content (AvgIpc) is 3.25. The van der Waals surface area contributed by atoms with Gasteiger partial charge < -0.3 is 10.4 Å². The van der Waals surface area contributed by atoms with Crippen molar-refractivity contribution < 1.29 is 5.11 Å². The van der Waals surface area contributed by atoms with E-state index in [0.717, 1.165) is 97.2 Å². The number of hydrogen-bond acceptors (Lipinski definition) is 5. The molecule has 1 fully saturated rings. The van der Waals surface area contributed by atoms with Crippen molar-refractivity contribution in [2.75, 3.05) is 26.2 Å². The van der Waals surface area contributed by atoms with Crippen molar-refractivity contribution in [2.45, 2.75) is 37.8 Å². The quantitative estimate of drug-likeness (QED) is 0.201. The number of nitrogens with zero attached hydrogens (tertiary/aromatic N) is 3. The Bertz CT molecular complexity index is 1680. The zero-order valence-electron chi connectivity index (χ0n) is 23.0. The summed E-state index contributed by atoms with van der Waals surface area (Å²) in [6.07, 6.45) is 6.57. The minimum atomic E-state index is -0.700. The Morgan fingerprint density at radius 2 is 1.23 bits per heavy atom. The van der Waals surface area contributed by atoms with Crippen LogP contribution in [-0.2, 0) is 25.7 Å². The molecule has 3 heterocycles. The van der Waals surface area contributed by atoms with Crippen LogP contribution in [0.15, 0.2) is 66.7 Å². The molecule has 1 aliphatic heterocycles. The first-order valence-electron chi connectivity index (χ1n) is 14.1. The molecule has 224 valence electrons. The van der Waals surface area contributed by atoms with Gasteiger partial charge in [0.05, 0.1) is 27.5 Å². The fraction of sp³-hybridized carbons (Fsp3) is 0.312. The first-order chi connectivity index (χ1) is 20.7. The van der Waals surface area contributed by atoms with Crippen LogP contribution in [0.4, 0.5) is 0 Å². The summed E-state index contributed by atoms with van der Waals surface area (Å²) in [5.74, 6) is 0. The SMILES string of the molecule is Clc1ccc2c(c1Br)CCc1cc(Br)cnc1C2N1CCNCC1.OC1c2ccc(Cl)c(Br)c2CCc2cc(Br)cnc21. The second-order valence-corrected chi connectivity index (χ2v) is 15.1. The molecule has 2 aromatic heterocycles. The van der Waals surface area contributed by atoms with Gasteiger partial charge in [0, 0.05) is 56.5 Å². The Morgan fingerprint density at radius 3 is 1.84 bits per heavy atom. The molecule has 0 radical (unpaired) electrons. The fourth-order valence-corrected chi connectivity index (χ4v) is 8.47. The highest BCUT2D eigenvalue weighted by Crippen LogP contribution is 2.42. The monoisotopic (exact) mass is 870 g/mol. The Morgan fingerprint density at radius 1 is 0.721 bits per heavy atom. The first-order valence-corrected chi connectivity index (χ1v) is 18.0. The smallest absolute Gasteiger partial charge is 0.122 e. The van der Waals surface area contributed by atoms with Crippen LogP contribution < -0.4 is 5.32 Å². The van der Waals surface area contributed by atoms with Crippen LogP contribution in [0.5, 0.6) is 0 Å². The summed E-state index contributed by atoms with van der Waals surface area (Å²) in [6.45, 7) is 4.10. The summed E-state index contributed by atoms with van der Waals surface area (Å²) in [6, 6.07) is 12.3. The molecule has 0 bridgehead atoms. The fourth-order valence-electron chi connectivity index (χ4n) is 6.24. The number of aliphatic hydroxyl groups excluding tert-OH is 1. The molecule has 2 atom stereocenters. The predicted octanol–water partition coefficient (Wildman–Crippen LogP) is 8.79. The summed E-state index contributed by atoms with van der Waals surface area (Å²) < 4.78 is 3.89. The van der Waals surface area contributed by atoms with E-state index in [9.17, 15) is 5.11 Å². The lowest BCUT2D eigenvalue weighted by Gasteiger charge is -2.36. The van der Waals surface area contributed by atoms with Gasteiger partial charge in [-0.25, -0.2) is 0 Å². The van der Waals surface area contributed by atoms with Gasteiger partial charge in [0.2, 0.25) is 0 Å². The van der Waals surface area contributed by atoms with Crippen molar-refractivity contribution in [1.82, 2.24) is 20.2 Å². The van der Waals surface area contributed by atoms with E-state index in [-0.39, 0.29) is 6.04 Å². The Hall–Kier alpha value is -0.880. The lowest BCUT2D eigenvalue weighted by Crippen LogP contribution is -2.45. The van der Waals surface area contributed by atoms with E-state index in [4.69, 9.17) is 28.2 Å². The molecule has 1 saturated heterocycles. The minimum absolute atomic E-state index is 0.196. The van der Waals surface area contributed by atoms with E-state index in [2.05, 4.69) is 91.1 Å². The van der Waals surface area contributed by atoms with Crippen molar-refractivity contribution in [3.05, 3.63) is 121 Å². The van der Waals surface area contributed by atoms with E-state index in [1.807, 2.05) is 24.4 Å². The maximum absolute atomic E-state index is 10.6. The average molecular weight is 875 g/mol. The number of aryl methyl sites for hydroxylation is 2. The van der Waals surface area contributed by atoms with Gasteiger partial charge in [0.15, 0.2) is 0 Å². The molecule has 7 rings (SSSR count). The highest BCUT2D eigenvalue weighted by molar-refractivity contribution is 9.11. The van der Waals surface area contributed by atoms with Gasteiger partial charge in [-0.2, -0.15) is 0 Å². The lowest BCUT2D eigenvalue weighted by atomic mass is 9.96. The van der Waals surface area contributed by atoms with E-state index in [1.165, 1.54) is 22.4 Å². The molecule has 5 nitrogen and oxygen atoms in total. The first kappa shape index (κ1) is 32.1. The van der Waals surface area contributed by atoms with Crippen LogP contribution >= 0.6 is 86.9 Å². The predicted molar refractivity (Wildman–Crippen MR) is 187 cm³/mol. The summed E-state index contributed by atoms with van der Waals surface area (Å²) in [5, 5.41) is 15.5. The van der Waals surface area contributed by atoms with E-state index < -0.39 is 6.10 Å². The Balaban J connectivity index is 0.000000157. The molecule has 4 aromatic rings. The molecule has 2 N–H and O–H groups in total. The van der Waals surface area contributed by atoms with Crippen LogP contribution in [0.25, 0.3) is 0 Å². The van der Waals surface area contributed by atoms with E-state index >= 15 is 0 Å². The van der Waals surface area contributed by atoms with Crippen molar-refractivity contribution in [1.29, 1.82) is 0 Å². The van der Waals surface area contributed by atoms with Crippen molar-refractivity contribution in [3.8, 4) is 0 Å². The van der Waals surface area contributed by atoms with E-state index in [1.54, 1.807) is 12.3 Å². The molecule has 0 amide bonds. The van der Waals surface area contributed by atoms with Crippen LogP contribution in [0.2, 0.25) is 10.0 Å². The highest BCUT2D eigenvalue weighted by atomic mass is 79.9. The van der Waals surface area contributed by atoms with Crippen LogP contribution in [0, 0.1) is 0 Å². The van der Waals surface area contributed by atoms with Crippen LogP contribution in [0.3, 0.4) is 0 Å². The standard InChI is InChI=1S/C18H18Br2ClN3.C14H10Br2ClNO/c19-12-9-11-1-2-13-14(3-4-15(21)16(13)20)18(17(11)23-10-12)24-7-5-22-6-8-24;15-8-5-7-1-2-9-10(3-4-11(17)12(9)16)14(19)13(7)18-6-8/h3-4,9-10,18,22H,1-2,5-8H2;3-6,14,19H,1-2H2. The maximum atomic E-state index is 10.6. The Kier molecular flexibility index (Phi) is 10.3. The largest absolute Gasteiger partial charge is 0.382 e. The normalized spacial score (nSPS) is 19.5. The van der Waals surface area contributed by atoms with Gasteiger partial charge in [-0.15, -0.1) is 0 Å². The zero-order valence-corrected chi connectivity index (χ0v) is 30.8. The molecule has 3 aliphatic rings. The van der Waals surface area contributed by atoms with Crippen molar-refractivity contribution in [3.63, 3.8) is 0 Å². The Labute approximate surface area is 295 Å². The molecular weight excluding hydrogens is 847 g/mol. The zero-order chi connectivity index (χ0) is 30.2. The number of halogens is 6. The lowest BCUT2D eigenvalue weighted by molar-refractivity contribution is 0.195. The van der Waals surface area contributed by atoms with Gasteiger partial charge in [0.1, 0.15) is 6.10 Å². The molecule has 0 spiro atoms. The molecule has 0 saturated carbocycles. The topological polar surface area (TPSA) is 61.3 Å². The molecule has 2 aromatic carbocycles. The molecule has 2 aliphatic carbocycles. The summed E-state index contributed by atoms with van der Waals surface area (Å²) >= 11 is 26.7. The number of fused-ring (bicyclic) bond motifs is 4. The van der Waals surface area contributed by atoms with Crippen LogP contribution in [0.1, 0.15) is 56.9 Å². The third kappa shape index (κ3) is 6.67. The third-order valence-corrected chi connectivity index (χ3v) is 12.1. The number of aromatic nitrogens is 2. The van der Waals surface area contributed by atoms with Crippen LogP contribution in [-0.4, -0.2) is 46.2 Å². The van der Waals surface area contributed by atoms with Gasteiger partial charge >= 0.3 is 0 Å². The number of pyridine rings is 2. The van der Waals surface area contributed by atoms with Gasteiger partial charge in [0.25, 0.3) is 0 Å². The molecule has 43 heavy (non-hydrogen) atoms. The van der Waals surface area contributed by atoms with E-state index in [0.29, 0.717) is 5.02 Å². The second kappa shape index (κ2) is 13.9. The number of benzene rings is 2. The molecular formula is C32H28Br4Cl2N4O. The number of rotatable bonds is 1. The number of hydrogen-bond donors (Lipinski definition) is 2. The molecule has 11 heteroatoms. The second-order valence-electron chi connectivity index (χ2n) is 10.8. The minimum Gasteiger partial charge on any atom is -0.382 e. The summed E-state index contributed by atoms with van der Waals surface area (Å²) in [5.41, 5.74) is 8.92. The number of aliphatic hydroxyl groups is 1. The van der Waals surface area contributed by atoms with Gasteiger partial charge in [-0.05, 0) is 147 Å². The van der Waals surface area contributed by atoms with Gasteiger partial charge in [-0.1, -0.05) is 35.3 Å². The van der Waals surface area contributed by atoms with Crippen molar-refractivity contribution in [2.24, 2.45) is 0 Å².